The number of nitrogens with zero attached hydrogens (tertiary/aromatic N) is 1. The number of benzene rings is 3. The average Bonchev–Trinajstić information content (AvgIpc) is 2.90. The Kier molecular flexibility index (Phi) is 9.71. The monoisotopic (exact) mass is 576 g/mol. The molecule has 0 spiro atoms. The molecule has 202 valence electrons. The van der Waals surface area contributed by atoms with Gasteiger partial charge in [0.05, 0.1) is 18.8 Å². The Morgan fingerprint density at radius 1 is 0.921 bits per heavy atom. The lowest BCUT2D eigenvalue weighted by Crippen LogP contribution is -2.43. The molecule has 1 heterocycles. The van der Waals surface area contributed by atoms with Gasteiger partial charge in [0.2, 0.25) is 0 Å². The highest BCUT2D eigenvalue weighted by Crippen LogP contribution is 2.42. The number of anilines is 1. The van der Waals surface area contributed by atoms with Gasteiger partial charge < -0.3 is 19.9 Å². The molecular weight excluding hydrogens is 547 g/mol. The van der Waals surface area contributed by atoms with Gasteiger partial charge in [0.1, 0.15) is 0 Å². The van der Waals surface area contributed by atoms with E-state index in [0.717, 1.165) is 23.2 Å². The molecule has 0 bridgehead atoms. The number of carbonyl (C=O) groups excluding carboxylic acids is 1. The van der Waals surface area contributed by atoms with E-state index in [2.05, 4.69) is 36.3 Å². The smallest absolute Gasteiger partial charge is 0.276 e. The number of halogens is 3. The van der Waals surface area contributed by atoms with Crippen LogP contribution >= 0.6 is 34.8 Å². The number of alkyl halides is 3. The van der Waals surface area contributed by atoms with Gasteiger partial charge in [-0.1, -0.05) is 108 Å². The molecule has 4 rings (SSSR count). The predicted molar refractivity (Wildman–Crippen MR) is 151 cm³/mol. The summed E-state index contributed by atoms with van der Waals surface area (Å²) in [7, 11) is 2.08. The standard InChI is InChI=1S/C29H31Cl3N2O4/c1-19-25(17-34(2)16-20-6-4-3-5-7-20)37-27(38-26(19)22-10-8-21(18-35)9-11-22)23-12-14-24(15-13-23)33-28(36)29(30,31)32/h3-15,19,25-27,35H,16-18H2,1-2H3,(H,33,36)/t19-,25+,26+,27+/m0/s1. The molecule has 3 aromatic carbocycles. The number of amides is 1. The number of aliphatic hydroxyl groups excluding tert-OH is 1. The minimum atomic E-state index is -2.05. The summed E-state index contributed by atoms with van der Waals surface area (Å²) < 4.78 is 11.0. The fraction of sp³-hybridized carbons (Fsp3) is 0.345. The SMILES string of the molecule is C[C@H]1[C@@H](CN(C)Cc2ccccc2)O[C@@H](c2ccc(NC(=O)C(Cl)(Cl)Cl)cc2)O[C@H]1c1ccc(CO)cc1. The zero-order chi connectivity index (χ0) is 27.3. The van der Waals surface area contributed by atoms with Crippen molar-refractivity contribution >= 4 is 46.4 Å². The van der Waals surface area contributed by atoms with Crippen LogP contribution in [0, 0.1) is 5.92 Å². The van der Waals surface area contributed by atoms with E-state index >= 15 is 0 Å². The van der Waals surface area contributed by atoms with Crippen molar-refractivity contribution in [2.45, 2.75) is 42.4 Å². The predicted octanol–water partition coefficient (Wildman–Crippen LogP) is 6.41. The van der Waals surface area contributed by atoms with Gasteiger partial charge in [0.15, 0.2) is 6.29 Å². The van der Waals surface area contributed by atoms with Crippen molar-refractivity contribution < 1.29 is 19.4 Å². The van der Waals surface area contributed by atoms with E-state index < -0.39 is 16.0 Å². The molecule has 38 heavy (non-hydrogen) atoms. The molecule has 1 aliphatic heterocycles. The summed E-state index contributed by atoms with van der Waals surface area (Å²) in [5.74, 6) is -0.672. The molecule has 1 saturated heterocycles. The fourth-order valence-electron chi connectivity index (χ4n) is 4.52. The number of carbonyl (C=O) groups is 1. The number of rotatable bonds is 8. The maximum Gasteiger partial charge on any atom is 0.276 e. The summed E-state index contributed by atoms with van der Waals surface area (Å²) in [5.41, 5.74) is 4.39. The molecule has 4 atom stereocenters. The average molecular weight is 578 g/mol. The van der Waals surface area contributed by atoms with E-state index in [1.807, 2.05) is 54.6 Å². The molecule has 1 amide bonds. The molecule has 9 heteroatoms. The van der Waals surface area contributed by atoms with Crippen molar-refractivity contribution in [2.75, 3.05) is 18.9 Å². The van der Waals surface area contributed by atoms with Crippen LogP contribution in [-0.4, -0.2) is 39.4 Å². The molecule has 6 nitrogen and oxygen atoms in total. The molecule has 0 aliphatic carbocycles. The molecule has 0 unspecified atom stereocenters. The van der Waals surface area contributed by atoms with Crippen LogP contribution in [0.25, 0.3) is 0 Å². The van der Waals surface area contributed by atoms with Crippen LogP contribution in [0.5, 0.6) is 0 Å². The van der Waals surface area contributed by atoms with Crippen LogP contribution in [-0.2, 0) is 27.4 Å². The first kappa shape index (κ1) is 28.8. The van der Waals surface area contributed by atoms with E-state index in [9.17, 15) is 9.90 Å². The van der Waals surface area contributed by atoms with Crippen LogP contribution in [0.2, 0.25) is 0 Å². The number of hydrogen-bond donors (Lipinski definition) is 2. The Hall–Kier alpha value is -2.16. The second kappa shape index (κ2) is 12.8. The normalized spacial score (nSPS) is 21.9. The van der Waals surface area contributed by atoms with E-state index in [0.29, 0.717) is 12.2 Å². The summed E-state index contributed by atoms with van der Waals surface area (Å²) in [6.07, 6.45) is -0.962. The molecule has 0 aromatic heterocycles. The van der Waals surface area contributed by atoms with E-state index in [4.69, 9.17) is 44.3 Å². The maximum absolute atomic E-state index is 12.0. The Bertz CT molecular complexity index is 1190. The zero-order valence-electron chi connectivity index (χ0n) is 21.2. The van der Waals surface area contributed by atoms with Gasteiger partial charge in [-0.05, 0) is 35.9 Å². The van der Waals surface area contributed by atoms with E-state index in [-0.39, 0.29) is 24.7 Å². The first-order chi connectivity index (χ1) is 18.1. The number of hydrogen-bond acceptors (Lipinski definition) is 5. The quantitative estimate of drug-likeness (QED) is 0.303. The van der Waals surface area contributed by atoms with Crippen LogP contribution < -0.4 is 5.32 Å². The summed E-state index contributed by atoms with van der Waals surface area (Å²) in [6.45, 7) is 3.63. The second-order valence-electron chi connectivity index (χ2n) is 9.58. The second-order valence-corrected chi connectivity index (χ2v) is 11.9. The molecule has 2 N–H and O–H groups in total. The van der Waals surface area contributed by atoms with Gasteiger partial charge in [-0.2, -0.15) is 0 Å². The summed E-state index contributed by atoms with van der Waals surface area (Å²) >= 11 is 17.0. The van der Waals surface area contributed by atoms with Crippen molar-refractivity contribution in [3.63, 3.8) is 0 Å². The molecule has 1 aliphatic rings. The first-order valence-corrected chi connectivity index (χ1v) is 13.5. The van der Waals surface area contributed by atoms with Gasteiger partial charge in [0.25, 0.3) is 9.70 Å². The van der Waals surface area contributed by atoms with Gasteiger partial charge in [0, 0.05) is 30.3 Å². The maximum atomic E-state index is 12.0. The van der Waals surface area contributed by atoms with Gasteiger partial charge in [-0.15, -0.1) is 0 Å². The van der Waals surface area contributed by atoms with Crippen LogP contribution in [0.15, 0.2) is 78.9 Å². The van der Waals surface area contributed by atoms with Gasteiger partial charge in [-0.25, -0.2) is 0 Å². The molecule has 0 radical (unpaired) electrons. The Morgan fingerprint density at radius 2 is 1.55 bits per heavy atom. The summed E-state index contributed by atoms with van der Waals surface area (Å²) in [5, 5.41) is 12.0. The van der Waals surface area contributed by atoms with Gasteiger partial charge in [-0.3, -0.25) is 9.69 Å². The van der Waals surface area contributed by atoms with Crippen molar-refractivity contribution in [3.05, 3.63) is 101 Å². The third-order valence-corrected chi connectivity index (χ3v) is 7.12. The topological polar surface area (TPSA) is 71.0 Å². The van der Waals surface area contributed by atoms with Crippen molar-refractivity contribution in [1.82, 2.24) is 4.90 Å². The lowest BCUT2D eigenvalue weighted by atomic mass is 9.90. The van der Waals surface area contributed by atoms with Gasteiger partial charge >= 0.3 is 0 Å². The molecule has 0 saturated carbocycles. The highest BCUT2D eigenvalue weighted by atomic mass is 35.6. The van der Waals surface area contributed by atoms with Crippen LogP contribution in [0.4, 0.5) is 5.69 Å². The van der Waals surface area contributed by atoms with Crippen LogP contribution in [0.1, 0.15) is 41.6 Å². The summed E-state index contributed by atoms with van der Waals surface area (Å²) in [6, 6.07) is 25.2. The Labute approximate surface area is 238 Å². The highest BCUT2D eigenvalue weighted by molar-refractivity contribution is 6.76. The lowest BCUT2D eigenvalue weighted by Gasteiger charge is -2.42. The third kappa shape index (κ3) is 7.48. The Balaban J connectivity index is 1.54. The minimum Gasteiger partial charge on any atom is -0.392 e. The molecule has 3 aromatic rings. The van der Waals surface area contributed by atoms with Crippen molar-refractivity contribution in [2.24, 2.45) is 5.92 Å². The largest absolute Gasteiger partial charge is 0.392 e. The molecule has 1 fully saturated rings. The van der Waals surface area contributed by atoms with Crippen LogP contribution in [0.3, 0.4) is 0 Å². The summed E-state index contributed by atoms with van der Waals surface area (Å²) in [4.78, 5) is 14.3. The number of aliphatic hydroxyl groups is 1. The van der Waals surface area contributed by atoms with E-state index in [1.165, 1.54) is 5.56 Å². The number of likely N-dealkylation sites (N-methyl/N-ethyl adjacent to an activating group) is 1. The van der Waals surface area contributed by atoms with E-state index in [1.54, 1.807) is 12.1 Å². The minimum absolute atomic E-state index is 0.0127. The first-order valence-electron chi connectivity index (χ1n) is 12.3. The zero-order valence-corrected chi connectivity index (χ0v) is 23.5. The molecular formula is C29H31Cl3N2O4. The number of ether oxygens (including phenoxy) is 2. The third-order valence-electron chi connectivity index (χ3n) is 6.61. The number of nitrogens with one attached hydrogen (secondary N) is 1. The lowest BCUT2D eigenvalue weighted by molar-refractivity contribution is -0.276. The Morgan fingerprint density at radius 3 is 2.16 bits per heavy atom. The fourth-order valence-corrected chi connectivity index (χ4v) is 4.66. The van der Waals surface area contributed by atoms with Crippen molar-refractivity contribution in [1.29, 1.82) is 0 Å². The van der Waals surface area contributed by atoms with Crippen molar-refractivity contribution in [3.8, 4) is 0 Å². The highest BCUT2D eigenvalue weighted by Gasteiger charge is 2.39.